The number of nitrogens with zero attached hydrogens (tertiary/aromatic N) is 2. The molecule has 2 aromatic heterocycles. The number of H-pyrrole nitrogens is 1. The molecule has 0 atom stereocenters. The number of benzene rings is 2. The van der Waals surface area contributed by atoms with Crippen LogP contribution in [0.4, 0.5) is 0 Å². The summed E-state index contributed by atoms with van der Waals surface area (Å²) in [6.45, 7) is 3.00. The van der Waals surface area contributed by atoms with Gasteiger partial charge in [0.15, 0.2) is 0 Å². The summed E-state index contributed by atoms with van der Waals surface area (Å²) in [7, 11) is 0. The Morgan fingerprint density at radius 3 is 2.88 bits per heavy atom. The molecule has 5 rings (SSSR count). The van der Waals surface area contributed by atoms with Gasteiger partial charge in [0.25, 0.3) is 5.91 Å². The van der Waals surface area contributed by atoms with Crippen LogP contribution in [0.3, 0.4) is 0 Å². The van der Waals surface area contributed by atoms with Gasteiger partial charge in [0.2, 0.25) is 0 Å². The van der Waals surface area contributed by atoms with Crippen molar-refractivity contribution in [3.05, 3.63) is 101 Å². The van der Waals surface area contributed by atoms with Crippen molar-refractivity contribution >= 4 is 22.9 Å². The molecular formula is C28H28N4O2. The first-order valence-corrected chi connectivity index (χ1v) is 11.6. The summed E-state index contributed by atoms with van der Waals surface area (Å²) in [6, 6.07) is 17.2. The van der Waals surface area contributed by atoms with Crippen molar-refractivity contribution in [3.63, 3.8) is 0 Å². The van der Waals surface area contributed by atoms with Gasteiger partial charge in [-0.2, -0.15) is 0 Å². The van der Waals surface area contributed by atoms with E-state index in [-0.39, 0.29) is 5.91 Å². The third-order valence-corrected chi connectivity index (χ3v) is 6.31. The lowest BCUT2D eigenvalue weighted by molar-refractivity contribution is 0.0952. The molecule has 1 aliphatic rings. The van der Waals surface area contributed by atoms with Gasteiger partial charge in [0.05, 0.1) is 0 Å². The van der Waals surface area contributed by atoms with Crippen molar-refractivity contribution in [2.45, 2.75) is 25.9 Å². The fourth-order valence-electron chi connectivity index (χ4n) is 4.60. The van der Waals surface area contributed by atoms with E-state index in [9.17, 15) is 9.90 Å². The summed E-state index contributed by atoms with van der Waals surface area (Å²) >= 11 is 0. The van der Waals surface area contributed by atoms with Gasteiger partial charge < -0.3 is 15.4 Å². The Bertz CT molecular complexity index is 1330. The van der Waals surface area contributed by atoms with Crippen LogP contribution in [0, 0.1) is 0 Å². The maximum absolute atomic E-state index is 12.9. The van der Waals surface area contributed by atoms with E-state index in [0.29, 0.717) is 18.8 Å². The zero-order valence-electron chi connectivity index (χ0n) is 19.0. The number of aromatic hydroxyl groups is 1. The lowest BCUT2D eigenvalue weighted by atomic mass is 10.0. The molecule has 0 saturated heterocycles. The number of hydrogen-bond donors (Lipinski definition) is 3. The first-order chi connectivity index (χ1) is 16.7. The van der Waals surface area contributed by atoms with E-state index in [4.69, 9.17) is 0 Å². The maximum Gasteiger partial charge on any atom is 0.251 e. The number of aromatic nitrogens is 2. The topological polar surface area (TPSA) is 81.2 Å². The van der Waals surface area contributed by atoms with Gasteiger partial charge >= 0.3 is 0 Å². The van der Waals surface area contributed by atoms with Gasteiger partial charge in [0, 0.05) is 60.7 Å². The summed E-state index contributed by atoms with van der Waals surface area (Å²) in [5.74, 6) is 0.260. The van der Waals surface area contributed by atoms with E-state index < -0.39 is 0 Å². The van der Waals surface area contributed by atoms with Crippen molar-refractivity contribution < 1.29 is 9.90 Å². The van der Waals surface area contributed by atoms with Gasteiger partial charge in [-0.05, 0) is 65.9 Å². The number of fused-ring (bicyclic) bond motifs is 3. The highest BCUT2D eigenvalue weighted by Gasteiger charge is 2.22. The van der Waals surface area contributed by atoms with Crippen LogP contribution < -0.4 is 5.32 Å². The predicted octanol–water partition coefficient (Wildman–Crippen LogP) is 4.66. The number of pyridine rings is 1. The molecule has 0 bridgehead atoms. The second-order valence-electron chi connectivity index (χ2n) is 8.66. The molecule has 0 fully saturated rings. The van der Waals surface area contributed by atoms with Crippen LogP contribution in [0.25, 0.3) is 17.0 Å². The predicted molar refractivity (Wildman–Crippen MR) is 134 cm³/mol. The molecule has 0 aliphatic carbocycles. The average Bonchev–Trinajstić information content (AvgIpc) is 3.21. The fourth-order valence-corrected chi connectivity index (χ4v) is 4.60. The summed E-state index contributed by atoms with van der Waals surface area (Å²) in [6.07, 6.45) is 9.32. The number of amides is 1. The maximum atomic E-state index is 12.9. The molecule has 6 nitrogen and oxygen atoms in total. The number of carbonyl (C=O) groups is 1. The minimum Gasteiger partial charge on any atom is -0.508 e. The quantitative estimate of drug-likeness (QED) is 0.356. The molecule has 1 amide bonds. The van der Waals surface area contributed by atoms with Crippen molar-refractivity contribution in [2.24, 2.45) is 0 Å². The zero-order chi connectivity index (χ0) is 23.3. The van der Waals surface area contributed by atoms with Crippen molar-refractivity contribution in [3.8, 4) is 5.75 Å². The molecule has 4 aromatic rings. The number of aromatic amines is 1. The van der Waals surface area contributed by atoms with E-state index in [2.05, 4.69) is 26.3 Å². The minimum atomic E-state index is -0.0355. The number of rotatable bonds is 7. The fraction of sp³-hybridized carbons (Fsp3) is 0.214. The highest BCUT2D eigenvalue weighted by Crippen LogP contribution is 2.30. The van der Waals surface area contributed by atoms with Gasteiger partial charge in [0.1, 0.15) is 5.75 Å². The van der Waals surface area contributed by atoms with Crippen molar-refractivity contribution in [1.82, 2.24) is 20.2 Å². The number of hydrogen-bond acceptors (Lipinski definition) is 4. The first-order valence-electron chi connectivity index (χ1n) is 11.6. The Labute approximate surface area is 199 Å². The zero-order valence-corrected chi connectivity index (χ0v) is 19.0. The van der Waals surface area contributed by atoms with Crippen LogP contribution in [0.1, 0.15) is 39.2 Å². The van der Waals surface area contributed by atoms with E-state index in [1.54, 1.807) is 18.5 Å². The van der Waals surface area contributed by atoms with Crippen molar-refractivity contribution in [1.29, 1.82) is 0 Å². The number of carbonyl (C=O) groups excluding carboxylic acids is 1. The first kappa shape index (κ1) is 21.9. The molecule has 172 valence electrons. The van der Waals surface area contributed by atoms with Gasteiger partial charge in [-0.15, -0.1) is 0 Å². The largest absolute Gasteiger partial charge is 0.508 e. The third kappa shape index (κ3) is 4.87. The molecule has 0 radical (unpaired) electrons. The number of phenols is 1. The van der Waals surface area contributed by atoms with E-state index in [1.807, 2.05) is 54.6 Å². The van der Waals surface area contributed by atoms with Crippen molar-refractivity contribution in [2.75, 3.05) is 13.1 Å². The van der Waals surface area contributed by atoms with Crippen LogP contribution in [0.2, 0.25) is 0 Å². The smallest absolute Gasteiger partial charge is 0.251 e. The Balaban J connectivity index is 1.21. The molecule has 0 saturated carbocycles. The van der Waals surface area contributed by atoms with Gasteiger partial charge in [-0.25, -0.2) is 0 Å². The van der Waals surface area contributed by atoms with Crippen LogP contribution in [0.5, 0.6) is 5.75 Å². The SMILES string of the molecule is O=C(NCCC=Cc1ccncc1)c1ccccc1CN1CCc2c([nH]c3ccc(O)cc23)C1. The Morgan fingerprint density at radius 1 is 1.15 bits per heavy atom. The summed E-state index contributed by atoms with van der Waals surface area (Å²) in [4.78, 5) is 22.8. The number of nitrogens with one attached hydrogen (secondary N) is 2. The number of phenolic OH excluding ortho intramolecular Hbond substituents is 1. The average molecular weight is 453 g/mol. The Hall–Kier alpha value is -3.90. The minimum absolute atomic E-state index is 0.0355. The second-order valence-corrected chi connectivity index (χ2v) is 8.66. The van der Waals surface area contributed by atoms with Gasteiger partial charge in [-0.1, -0.05) is 30.4 Å². The summed E-state index contributed by atoms with van der Waals surface area (Å²) in [5, 5.41) is 14.0. The molecule has 3 N–H and O–H groups in total. The van der Waals surface area contributed by atoms with Crippen LogP contribution in [-0.2, 0) is 19.5 Å². The molecule has 1 aliphatic heterocycles. The molecular weight excluding hydrogens is 424 g/mol. The highest BCUT2D eigenvalue weighted by molar-refractivity contribution is 5.95. The summed E-state index contributed by atoms with van der Waals surface area (Å²) < 4.78 is 0. The molecule has 34 heavy (non-hydrogen) atoms. The van der Waals surface area contributed by atoms with E-state index in [1.165, 1.54) is 11.3 Å². The van der Waals surface area contributed by atoms with Gasteiger partial charge in [-0.3, -0.25) is 14.7 Å². The molecule has 6 heteroatoms. The molecule has 0 spiro atoms. The molecule has 2 aromatic carbocycles. The standard InChI is InChI=1S/C28H28N4O2/c33-22-8-9-26-25(17-22)24-12-16-32(19-27(24)31-26)18-21-6-1-2-7-23(21)28(34)30-13-4-3-5-20-10-14-29-15-11-20/h1-3,5-11,14-15,17,31,33H,4,12-13,16,18-19H2,(H,30,34). The van der Waals surface area contributed by atoms with Crippen LogP contribution in [0.15, 0.2) is 73.1 Å². The molecule has 0 unspecified atom stereocenters. The monoisotopic (exact) mass is 452 g/mol. The van der Waals surface area contributed by atoms with E-state index >= 15 is 0 Å². The Morgan fingerprint density at radius 2 is 2.00 bits per heavy atom. The Kier molecular flexibility index (Phi) is 6.40. The third-order valence-electron chi connectivity index (χ3n) is 6.31. The highest BCUT2D eigenvalue weighted by atomic mass is 16.3. The van der Waals surface area contributed by atoms with Crippen LogP contribution in [-0.4, -0.2) is 39.0 Å². The molecule has 3 heterocycles. The summed E-state index contributed by atoms with van der Waals surface area (Å²) in [5.41, 5.74) is 6.39. The second kappa shape index (κ2) is 9.93. The lowest BCUT2D eigenvalue weighted by Gasteiger charge is -2.27. The van der Waals surface area contributed by atoms with E-state index in [0.717, 1.165) is 53.5 Å². The normalized spacial score (nSPS) is 13.9. The lowest BCUT2D eigenvalue weighted by Crippen LogP contribution is -2.31. The van der Waals surface area contributed by atoms with Crippen LogP contribution >= 0.6 is 0 Å².